The molecule has 0 aliphatic carbocycles. The Bertz CT molecular complexity index is 814. The Labute approximate surface area is 153 Å². The highest BCUT2D eigenvalue weighted by atomic mass is 16.6. The molecule has 0 saturated carbocycles. The van der Waals surface area contributed by atoms with Crippen molar-refractivity contribution in [3.63, 3.8) is 0 Å². The number of aromatic nitrogens is 2. The lowest BCUT2D eigenvalue weighted by atomic mass is 10.2. The van der Waals surface area contributed by atoms with Crippen molar-refractivity contribution in [2.45, 2.75) is 39.8 Å². The first kappa shape index (κ1) is 18.2. The number of benzene rings is 1. The normalized spacial score (nSPS) is 15.4. The zero-order valence-corrected chi connectivity index (χ0v) is 15.9. The van der Waals surface area contributed by atoms with Gasteiger partial charge in [-0.2, -0.15) is 0 Å². The number of carbonyl (C=O) groups excluding carboxylic acids is 2. The number of piperazine rings is 1. The maximum Gasteiger partial charge on any atom is 0.410 e. The highest BCUT2D eigenvalue weighted by Gasteiger charge is 2.28. The first-order valence-corrected chi connectivity index (χ1v) is 8.92. The van der Waals surface area contributed by atoms with E-state index in [9.17, 15) is 9.59 Å². The Kier molecular flexibility index (Phi) is 4.89. The molecular weight excluding hydrogens is 332 g/mol. The second kappa shape index (κ2) is 6.97. The van der Waals surface area contributed by atoms with Crippen LogP contribution in [0.2, 0.25) is 0 Å². The summed E-state index contributed by atoms with van der Waals surface area (Å²) in [5.41, 5.74) is 1.35. The van der Waals surface area contributed by atoms with E-state index in [-0.39, 0.29) is 18.5 Å². The van der Waals surface area contributed by atoms with E-state index in [1.807, 2.05) is 56.5 Å². The van der Waals surface area contributed by atoms with Gasteiger partial charge in [0.2, 0.25) is 5.91 Å². The van der Waals surface area contributed by atoms with Crippen LogP contribution in [0.25, 0.3) is 11.0 Å². The number of rotatable bonds is 2. The molecule has 7 heteroatoms. The van der Waals surface area contributed by atoms with Gasteiger partial charge >= 0.3 is 6.09 Å². The zero-order chi connectivity index (χ0) is 18.9. The van der Waals surface area contributed by atoms with Crippen molar-refractivity contribution in [3.8, 4) is 0 Å². The third-order valence-electron chi connectivity index (χ3n) is 4.42. The van der Waals surface area contributed by atoms with Crippen LogP contribution in [0.15, 0.2) is 24.3 Å². The number of aryl methyl sites for hydroxylation is 1. The molecule has 26 heavy (non-hydrogen) atoms. The molecule has 140 valence electrons. The van der Waals surface area contributed by atoms with E-state index in [0.29, 0.717) is 26.2 Å². The maximum atomic E-state index is 12.7. The first-order valence-electron chi connectivity index (χ1n) is 8.92. The van der Waals surface area contributed by atoms with E-state index >= 15 is 0 Å². The topological polar surface area (TPSA) is 67.7 Å². The smallest absolute Gasteiger partial charge is 0.410 e. The van der Waals surface area contributed by atoms with Crippen molar-refractivity contribution in [2.75, 3.05) is 26.2 Å². The van der Waals surface area contributed by atoms with Gasteiger partial charge in [-0.25, -0.2) is 9.78 Å². The molecule has 3 rings (SSSR count). The van der Waals surface area contributed by atoms with E-state index in [4.69, 9.17) is 4.74 Å². The van der Waals surface area contributed by atoms with Gasteiger partial charge in [0.05, 0.1) is 11.0 Å². The molecule has 0 unspecified atom stereocenters. The lowest BCUT2D eigenvalue weighted by molar-refractivity contribution is -0.133. The molecule has 2 aromatic rings. The number of fused-ring (bicyclic) bond motifs is 1. The van der Waals surface area contributed by atoms with Crippen LogP contribution in [0.5, 0.6) is 0 Å². The Morgan fingerprint density at radius 1 is 1.08 bits per heavy atom. The molecule has 1 saturated heterocycles. The molecule has 0 bridgehead atoms. The minimum atomic E-state index is -0.510. The van der Waals surface area contributed by atoms with Gasteiger partial charge in [0.25, 0.3) is 0 Å². The molecule has 0 atom stereocenters. The van der Waals surface area contributed by atoms with Crippen LogP contribution in [0.3, 0.4) is 0 Å². The number of amides is 2. The molecule has 2 heterocycles. The fourth-order valence-corrected chi connectivity index (χ4v) is 3.10. The summed E-state index contributed by atoms with van der Waals surface area (Å²) in [6.45, 7) is 9.74. The molecule has 1 aliphatic heterocycles. The highest BCUT2D eigenvalue weighted by molar-refractivity contribution is 5.81. The van der Waals surface area contributed by atoms with Crippen molar-refractivity contribution in [1.29, 1.82) is 0 Å². The fraction of sp³-hybridized carbons (Fsp3) is 0.526. The van der Waals surface area contributed by atoms with Crippen molar-refractivity contribution >= 4 is 23.0 Å². The number of nitrogens with zero attached hydrogens (tertiary/aromatic N) is 4. The van der Waals surface area contributed by atoms with Gasteiger partial charge in [-0.1, -0.05) is 12.1 Å². The SMILES string of the molecule is Cc1nc2ccccc2n1CC(=O)N1CCN(C(=O)OC(C)(C)C)CC1. The highest BCUT2D eigenvalue weighted by Crippen LogP contribution is 2.16. The summed E-state index contributed by atoms with van der Waals surface area (Å²) in [4.78, 5) is 32.8. The molecule has 7 nitrogen and oxygen atoms in total. The molecule has 0 N–H and O–H groups in total. The molecule has 0 spiro atoms. The monoisotopic (exact) mass is 358 g/mol. The van der Waals surface area contributed by atoms with Gasteiger partial charge in [0.15, 0.2) is 0 Å². The number of hydrogen-bond donors (Lipinski definition) is 0. The average Bonchev–Trinajstić information content (AvgIpc) is 2.89. The van der Waals surface area contributed by atoms with Gasteiger partial charge in [0.1, 0.15) is 18.0 Å². The lowest BCUT2D eigenvalue weighted by Crippen LogP contribution is -2.52. The van der Waals surface area contributed by atoms with Crippen molar-refractivity contribution < 1.29 is 14.3 Å². The van der Waals surface area contributed by atoms with E-state index in [1.165, 1.54) is 0 Å². The molecule has 1 aromatic carbocycles. The average molecular weight is 358 g/mol. The minimum Gasteiger partial charge on any atom is -0.444 e. The van der Waals surface area contributed by atoms with E-state index in [1.54, 1.807) is 9.80 Å². The van der Waals surface area contributed by atoms with Crippen LogP contribution in [-0.4, -0.2) is 63.1 Å². The zero-order valence-electron chi connectivity index (χ0n) is 15.9. The minimum absolute atomic E-state index is 0.0418. The predicted octanol–water partition coefficient (Wildman–Crippen LogP) is 2.42. The summed E-state index contributed by atoms with van der Waals surface area (Å²) in [7, 11) is 0. The largest absolute Gasteiger partial charge is 0.444 e. The summed E-state index contributed by atoms with van der Waals surface area (Å²) < 4.78 is 7.34. The van der Waals surface area contributed by atoms with Crippen LogP contribution in [0, 0.1) is 6.92 Å². The third kappa shape index (κ3) is 3.98. The van der Waals surface area contributed by atoms with Crippen LogP contribution in [0.1, 0.15) is 26.6 Å². The lowest BCUT2D eigenvalue weighted by Gasteiger charge is -2.35. The third-order valence-corrected chi connectivity index (χ3v) is 4.42. The standard InChI is InChI=1S/C19H26N4O3/c1-14-20-15-7-5-6-8-16(15)23(14)13-17(24)21-9-11-22(12-10-21)18(25)26-19(2,3)4/h5-8H,9-13H2,1-4H3. The first-order chi connectivity index (χ1) is 12.2. The number of hydrogen-bond acceptors (Lipinski definition) is 4. The molecule has 1 aromatic heterocycles. The second-order valence-electron chi connectivity index (χ2n) is 7.58. The number of imidazole rings is 1. The summed E-state index contributed by atoms with van der Waals surface area (Å²) >= 11 is 0. The Morgan fingerprint density at radius 2 is 1.69 bits per heavy atom. The maximum absolute atomic E-state index is 12.7. The van der Waals surface area contributed by atoms with Crippen molar-refractivity contribution in [1.82, 2.24) is 19.4 Å². The van der Waals surface area contributed by atoms with Crippen LogP contribution < -0.4 is 0 Å². The molecule has 1 fully saturated rings. The van der Waals surface area contributed by atoms with Gasteiger partial charge in [0, 0.05) is 26.2 Å². The Balaban J connectivity index is 1.60. The summed E-state index contributed by atoms with van der Waals surface area (Å²) in [6, 6.07) is 7.81. The summed E-state index contributed by atoms with van der Waals surface area (Å²) in [5.74, 6) is 0.868. The van der Waals surface area contributed by atoms with Crippen LogP contribution >= 0.6 is 0 Å². The molecule has 0 radical (unpaired) electrons. The molecular formula is C19H26N4O3. The van der Waals surface area contributed by atoms with Gasteiger partial charge in [-0.3, -0.25) is 4.79 Å². The Hall–Kier alpha value is -2.57. The van der Waals surface area contributed by atoms with E-state index in [2.05, 4.69) is 4.98 Å². The second-order valence-corrected chi connectivity index (χ2v) is 7.58. The van der Waals surface area contributed by atoms with Gasteiger partial charge in [-0.15, -0.1) is 0 Å². The van der Waals surface area contributed by atoms with Crippen molar-refractivity contribution in [2.24, 2.45) is 0 Å². The summed E-state index contributed by atoms with van der Waals surface area (Å²) in [5, 5.41) is 0. The predicted molar refractivity (Wildman–Crippen MR) is 98.9 cm³/mol. The van der Waals surface area contributed by atoms with Gasteiger partial charge < -0.3 is 19.1 Å². The number of para-hydroxylation sites is 2. The number of ether oxygens (including phenoxy) is 1. The van der Waals surface area contributed by atoms with Crippen molar-refractivity contribution in [3.05, 3.63) is 30.1 Å². The van der Waals surface area contributed by atoms with E-state index < -0.39 is 5.60 Å². The fourth-order valence-electron chi connectivity index (χ4n) is 3.10. The molecule has 2 amide bonds. The van der Waals surface area contributed by atoms with Crippen LogP contribution in [-0.2, 0) is 16.1 Å². The van der Waals surface area contributed by atoms with E-state index in [0.717, 1.165) is 16.9 Å². The van der Waals surface area contributed by atoms with Crippen LogP contribution in [0.4, 0.5) is 4.79 Å². The Morgan fingerprint density at radius 3 is 2.35 bits per heavy atom. The summed E-state index contributed by atoms with van der Waals surface area (Å²) in [6.07, 6.45) is -0.318. The van der Waals surface area contributed by atoms with Gasteiger partial charge in [-0.05, 0) is 39.8 Å². The quantitative estimate of drug-likeness (QED) is 0.827. The number of carbonyl (C=O) groups is 2. The molecule has 1 aliphatic rings.